The molecule has 0 atom stereocenters. The van der Waals surface area contributed by atoms with Gasteiger partial charge in [0.15, 0.2) is 17.1 Å². The molecule has 29 heavy (non-hydrogen) atoms. The molecule has 0 bridgehead atoms. The SMILES string of the molecule is COc1cc(Br)c(Br)c(C=Nc2ccc(-c3nc4ccccc4o3)c(O)c2)c1O. The van der Waals surface area contributed by atoms with Gasteiger partial charge in [0.1, 0.15) is 11.3 Å². The third kappa shape index (κ3) is 3.73. The van der Waals surface area contributed by atoms with Gasteiger partial charge in [-0.25, -0.2) is 4.98 Å². The summed E-state index contributed by atoms with van der Waals surface area (Å²) in [6, 6.07) is 13.9. The highest BCUT2D eigenvalue weighted by molar-refractivity contribution is 9.13. The first-order valence-electron chi connectivity index (χ1n) is 8.46. The van der Waals surface area contributed by atoms with Crippen molar-refractivity contribution >= 4 is 54.9 Å². The normalized spacial score (nSPS) is 11.4. The first-order valence-corrected chi connectivity index (χ1v) is 10.0. The third-order valence-electron chi connectivity index (χ3n) is 4.26. The van der Waals surface area contributed by atoms with Crippen LogP contribution in [0.15, 0.2) is 66.9 Å². The van der Waals surface area contributed by atoms with E-state index in [1.807, 2.05) is 24.3 Å². The summed E-state index contributed by atoms with van der Waals surface area (Å²) in [5, 5.41) is 20.8. The molecule has 0 aliphatic heterocycles. The van der Waals surface area contributed by atoms with Crippen molar-refractivity contribution in [3.8, 4) is 28.7 Å². The van der Waals surface area contributed by atoms with E-state index in [-0.39, 0.29) is 11.5 Å². The molecule has 4 aromatic rings. The number of fused-ring (bicyclic) bond motifs is 1. The van der Waals surface area contributed by atoms with Gasteiger partial charge >= 0.3 is 0 Å². The molecule has 0 aliphatic carbocycles. The number of aromatic nitrogens is 1. The molecule has 2 N–H and O–H groups in total. The number of phenols is 2. The van der Waals surface area contributed by atoms with Crippen LogP contribution in [0.25, 0.3) is 22.6 Å². The number of ether oxygens (including phenoxy) is 1. The number of halogens is 2. The smallest absolute Gasteiger partial charge is 0.231 e. The standard InChI is InChI=1S/C21H14Br2N2O4/c1-28-18-9-14(22)19(23)13(20(18)27)10-24-11-6-7-12(16(26)8-11)21-25-15-4-2-3-5-17(15)29-21/h2-10,26-27H,1H3. The number of nitrogens with zero attached hydrogens (tertiary/aromatic N) is 2. The third-order valence-corrected chi connectivity index (χ3v) is 6.27. The Kier molecular flexibility index (Phi) is 5.29. The Morgan fingerprint density at radius 1 is 1.10 bits per heavy atom. The van der Waals surface area contributed by atoms with Crippen LogP contribution >= 0.6 is 31.9 Å². The van der Waals surface area contributed by atoms with Crippen LogP contribution < -0.4 is 4.74 Å². The van der Waals surface area contributed by atoms with Crippen LogP contribution in [-0.2, 0) is 0 Å². The number of oxazole rings is 1. The highest BCUT2D eigenvalue weighted by Gasteiger charge is 2.15. The molecule has 8 heteroatoms. The zero-order chi connectivity index (χ0) is 20.5. The number of methoxy groups -OCH3 is 1. The van der Waals surface area contributed by atoms with Crippen LogP contribution in [0.4, 0.5) is 5.69 Å². The molecule has 0 radical (unpaired) electrons. The largest absolute Gasteiger partial charge is 0.507 e. The lowest BCUT2D eigenvalue weighted by Crippen LogP contribution is -1.91. The second-order valence-electron chi connectivity index (χ2n) is 6.08. The predicted molar refractivity (Wildman–Crippen MR) is 118 cm³/mol. The Labute approximate surface area is 182 Å². The molecular formula is C21H14Br2N2O4. The summed E-state index contributed by atoms with van der Waals surface area (Å²) in [7, 11) is 1.47. The molecule has 0 spiro atoms. The van der Waals surface area contributed by atoms with Crippen molar-refractivity contribution < 1.29 is 19.4 Å². The predicted octanol–water partition coefficient (Wildman–Crippen LogP) is 6.19. The Morgan fingerprint density at radius 3 is 2.62 bits per heavy atom. The van der Waals surface area contributed by atoms with Crippen LogP contribution in [0.3, 0.4) is 0 Å². The molecular weight excluding hydrogens is 504 g/mol. The van der Waals surface area contributed by atoms with Crippen molar-refractivity contribution in [2.75, 3.05) is 7.11 Å². The number of phenolic OH excluding ortho intramolecular Hbond substituents is 2. The van der Waals surface area contributed by atoms with Crippen LogP contribution in [0.5, 0.6) is 17.2 Å². The van der Waals surface area contributed by atoms with E-state index in [0.29, 0.717) is 48.5 Å². The van der Waals surface area contributed by atoms with Gasteiger partial charge in [0.25, 0.3) is 0 Å². The molecule has 3 aromatic carbocycles. The van der Waals surface area contributed by atoms with Crippen LogP contribution in [-0.4, -0.2) is 28.5 Å². The van der Waals surface area contributed by atoms with Gasteiger partial charge in [0.2, 0.25) is 5.89 Å². The first kappa shape index (κ1) is 19.5. The number of hydrogen-bond donors (Lipinski definition) is 2. The number of para-hydroxylation sites is 2. The fourth-order valence-corrected chi connectivity index (χ4v) is 3.62. The molecule has 0 amide bonds. The van der Waals surface area contributed by atoms with E-state index in [0.717, 1.165) is 0 Å². The van der Waals surface area contributed by atoms with Gasteiger partial charge in [-0.3, -0.25) is 4.99 Å². The molecule has 0 saturated heterocycles. The summed E-state index contributed by atoms with van der Waals surface area (Å²) < 4.78 is 12.2. The summed E-state index contributed by atoms with van der Waals surface area (Å²) in [5.74, 6) is 0.590. The van der Waals surface area contributed by atoms with Crippen molar-refractivity contribution in [2.45, 2.75) is 0 Å². The lowest BCUT2D eigenvalue weighted by molar-refractivity contribution is 0.372. The average molecular weight is 518 g/mol. The molecule has 0 fully saturated rings. The van der Waals surface area contributed by atoms with Crippen LogP contribution in [0.1, 0.15) is 5.56 Å². The van der Waals surface area contributed by atoms with Crippen molar-refractivity contribution in [1.29, 1.82) is 0 Å². The van der Waals surface area contributed by atoms with Gasteiger partial charge < -0.3 is 19.4 Å². The second-order valence-corrected chi connectivity index (χ2v) is 7.73. The van der Waals surface area contributed by atoms with Crippen LogP contribution in [0.2, 0.25) is 0 Å². The van der Waals surface area contributed by atoms with Gasteiger partial charge in [0.05, 0.1) is 23.9 Å². The van der Waals surface area contributed by atoms with E-state index in [9.17, 15) is 10.2 Å². The van der Waals surface area contributed by atoms with Gasteiger partial charge in [-0.1, -0.05) is 12.1 Å². The molecule has 146 valence electrons. The minimum atomic E-state index is -0.0429. The van der Waals surface area contributed by atoms with E-state index >= 15 is 0 Å². The summed E-state index contributed by atoms with van der Waals surface area (Å²) in [6.45, 7) is 0. The monoisotopic (exact) mass is 516 g/mol. The molecule has 0 unspecified atom stereocenters. The Morgan fingerprint density at radius 2 is 1.90 bits per heavy atom. The quantitative estimate of drug-likeness (QED) is 0.315. The molecule has 0 aliphatic rings. The molecule has 0 saturated carbocycles. The fraction of sp³-hybridized carbons (Fsp3) is 0.0476. The van der Waals surface area contributed by atoms with Crippen molar-refractivity contribution in [3.63, 3.8) is 0 Å². The van der Waals surface area contributed by atoms with Crippen LogP contribution in [0, 0.1) is 0 Å². The number of aromatic hydroxyl groups is 2. The minimum absolute atomic E-state index is 0.0127. The lowest BCUT2D eigenvalue weighted by atomic mass is 10.1. The van der Waals surface area contributed by atoms with Crippen molar-refractivity contribution in [2.24, 2.45) is 4.99 Å². The summed E-state index contributed by atoms with van der Waals surface area (Å²) >= 11 is 6.82. The number of rotatable bonds is 4. The zero-order valence-corrected chi connectivity index (χ0v) is 18.2. The van der Waals surface area contributed by atoms with E-state index in [1.54, 1.807) is 18.2 Å². The Balaban J connectivity index is 1.68. The van der Waals surface area contributed by atoms with Gasteiger partial charge in [-0.15, -0.1) is 0 Å². The molecule has 6 nitrogen and oxygen atoms in total. The number of hydrogen-bond acceptors (Lipinski definition) is 6. The van der Waals surface area contributed by atoms with E-state index < -0.39 is 0 Å². The minimum Gasteiger partial charge on any atom is -0.507 e. The van der Waals surface area contributed by atoms with Crippen molar-refractivity contribution in [3.05, 3.63) is 63.0 Å². The molecule has 1 aromatic heterocycles. The Hall–Kier alpha value is -2.84. The fourth-order valence-electron chi connectivity index (χ4n) is 2.79. The zero-order valence-electron chi connectivity index (χ0n) is 15.1. The van der Waals surface area contributed by atoms with E-state index in [4.69, 9.17) is 9.15 Å². The maximum atomic E-state index is 10.4. The molecule has 1 heterocycles. The van der Waals surface area contributed by atoms with Gasteiger partial charge in [0, 0.05) is 21.2 Å². The summed E-state index contributed by atoms with van der Waals surface area (Å²) in [6.07, 6.45) is 1.49. The van der Waals surface area contributed by atoms with Crippen molar-refractivity contribution in [1.82, 2.24) is 4.98 Å². The summed E-state index contributed by atoms with van der Waals surface area (Å²) in [4.78, 5) is 8.75. The lowest BCUT2D eigenvalue weighted by Gasteiger charge is -2.09. The van der Waals surface area contributed by atoms with E-state index in [1.165, 1.54) is 19.4 Å². The maximum Gasteiger partial charge on any atom is 0.231 e. The number of benzene rings is 3. The highest BCUT2D eigenvalue weighted by Crippen LogP contribution is 2.40. The van der Waals surface area contributed by atoms with Gasteiger partial charge in [-0.2, -0.15) is 0 Å². The maximum absolute atomic E-state index is 10.4. The second kappa shape index (κ2) is 7.88. The molecule has 4 rings (SSSR count). The number of aliphatic imine (C=N–C) groups is 1. The average Bonchev–Trinajstić information content (AvgIpc) is 3.14. The topological polar surface area (TPSA) is 88.1 Å². The first-order chi connectivity index (χ1) is 14.0. The summed E-state index contributed by atoms with van der Waals surface area (Å²) in [5.41, 5.74) is 2.76. The highest BCUT2D eigenvalue weighted by atomic mass is 79.9. The van der Waals surface area contributed by atoms with Gasteiger partial charge in [-0.05, 0) is 62.2 Å². The van der Waals surface area contributed by atoms with E-state index in [2.05, 4.69) is 41.8 Å². The Bertz CT molecular complexity index is 1220.